The molecule has 1 fully saturated rings. The monoisotopic (exact) mass is 429 g/mol. The Hall–Kier alpha value is -2.65. The Morgan fingerprint density at radius 3 is 2.52 bits per heavy atom. The molecule has 29 heavy (non-hydrogen) atoms. The molecule has 0 spiro atoms. The summed E-state index contributed by atoms with van der Waals surface area (Å²) in [5, 5.41) is 13.1. The molecule has 0 aromatic carbocycles. The van der Waals surface area contributed by atoms with Crippen molar-refractivity contribution in [1.29, 1.82) is 5.26 Å². The lowest BCUT2D eigenvalue weighted by Gasteiger charge is -2.38. The Labute approximate surface area is 165 Å². The molecule has 12 heteroatoms. The first-order valence-corrected chi connectivity index (χ1v) is 10.5. The van der Waals surface area contributed by atoms with E-state index in [4.69, 9.17) is 4.74 Å². The molecule has 0 radical (unpaired) electrons. The summed E-state index contributed by atoms with van der Waals surface area (Å²) in [7, 11) is -3.53. The van der Waals surface area contributed by atoms with Gasteiger partial charge in [0.25, 0.3) is 0 Å². The van der Waals surface area contributed by atoms with Crippen LogP contribution in [0.2, 0.25) is 0 Å². The smallest absolute Gasteiger partial charge is 0.375 e. The van der Waals surface area contributed by atoms with Crippen LogP contribution >= 0.6 is 0 Å². The van der Waals surface area contributed by atoms with Gasteiger partial charge < -0.3 is 9.64 Å². The highest BCUT2D eigenvalue weighted by Crippen LogP contribution is 2.38. The van der Waals surface area contributed by atoms with Gasteiger partial charge in [-0.05, 0) is 26.0 Å². The van der Waals surface area contributed by atoms with Gasteiger partial charge in [0, 0.05) is 19.0 Å². The van der Waals surface area contributed by atoms with Crippen LogP contribution in [0, 0.1) is 11.3 Å². The summed E-state index contributed by atoms with van der Waals surface area (Å²) in [6.07, 6.45) is -3.08. The molecule has 8 nitrogen and oxygen atoms in total. The Bertz CT molecular complexity index is 1060. The van der Waals surface area contributed by atoms with Crippen molar-refractivity contribution in [3.05, 3.63) is 29.6 Å². The number of morpholine rings is 1. The summed E-state index contributed by atoms with van der Waals surface area (Å²) in [5.41, 5.74) is -1.94. The van der Waals surface area contributed by atoms with E-state index < -0.39 is 27.3 Å². The molecule has 1 saturated heterocycles. The molecule has 0 bridgehead atoms. The van der Waals surface area contributed by atoms with Gasteiger partial charge in [-0.1, -0.05) is 0 Å². The number of rotatable bonds is 3. The zero-order chi connectivity index (χ0) is 21.6. The largest absolute Gasteiger partial charge is 0.436 e. The molecular weight excluding hydrogens is 411 g/mol. The van der Waals surface area contributed by atoms with Crippen LogP contribution in [0.4, 0.5) is 19.0 Å². The zero-order valence-electron chi connectivity index (χ0n) is 15.8. The van der Waals surface area contributed by atoms with Crippen LogP contribution in [0.15, 0.2) is 23.2 Å². The van der Waals surface area contributed by atoms with E-state index in [0.29, 0.717) is 0 Å². The van der Waals surface area contributed by atoms with Crippen molar-refractivity contribution < 1.29 is 26.3 Å². The van der Waals surface area contributed by atoms with Gasteiger partial charge in [-0.15, -0.1) is 0 Å². The fourth-order valence-corrected chi connectivity index (χ4v) is 3.61. The van der Waals surface area contributed by atoms with Crippen LogP contribution in [-0.2, 0) is 20.8 Å². The van der Waals surface area contributed by atoms with Crippen molar-refractivity contribution in [1.82, 2.24) is 14.8 Å². The maximum atomic E-state index is 13.5. The molecule has 0 N–H and O–H groups in total. The van der Waals surface area contributed by atoms with Crippen molar-refractivity contribution >= 4 is 15.7 Å². The van der Waals surface area contributed by atoms with E-state index in [0.717, 1.165) is 17.1 Å². The average molecular weight is 429 g/mol. The third kappa shape index (κ3) is 4.06. The lowest BCUT2D eigenvalue weighted by molar-refractivity contribution is -0.141. The van der Waals surface area contributed by atoms with E-state index in [1.165, 1.54) is 12.1 Å². The maximum Gasteiger partial charge on any atom is 0.436 e. The number of pyridine rings is 1. The second-order valence-electron chi connectivity index (χ2n) is 6.84. The average Bonchev–Trinajstić information content (AvgIpc) is 3.03. The van der Waals surface area contributed by atoms with Crippen LogP contribution in [0.3, 0.4) is 0 Å². The number of nitrogens with zero attached hydrogens (tertiary/aromatic N) is 5. The van der Waals surface area contributed by atoms with Gasteiger partial charge >= 0.3 is 6.18 Å². The molecule has 2 aromatic rings. The SMILES string of the molecule is C[C@@H]1CN(c2c(C#N)c(C(F)(F)F)nn2-c2ccc(S(C)(=O)=O)cn2)[C@H](C)CO1. The summed E-state index contributed by atoms with van der Waals surface area (Å²) in [6, 6.07) is 3.79. The van der Waals surface area contributed by atoms with Crippen molar-refractivity contribution in [2.45, 2.75) is 37.1 Å². The molecular formula is C17H18F3N5O3S. The molecule has 0 aliphatic carbocycles. The highest BCUT2D eigenvalue weighted by Gasteiger charge is 2.42. The van der Waals surface area contributed by atoms with E-state index in [1.54, 1.807) is 24.8 Å². The van der Waals surface area contributed by atoms with E-state index in [1.807, 2.05) is 0 Å². The number of halogens is 3. The van der Waals surface area contributed by atoms with Crippen molar-refractivity contribution in [3.8, 4) is 11.9 Å². The summed E-state index contributed by atoms with van der Waals surface area (Å²) in [4.78, 5) is 5.52. The topological polar surface area (TPSA) is 101 Å². The summed E-state index contributed by atoms with van der Waals surface area (Å²) in [5.74, 6) is -0.0900. The van der Waals surface area contributed by atoms with Gasteiger partial charge in [0.1, 0.15) is 11.6 Å². The standard InChI is InChI=1S/C17H18F3N5O3S/c1-10-9-28-11(2)8-24(10)16-13(6-21)15(17(18,19)20)23-25(16)14-5-4-12(7-22-14)29(3,26)27/h4-5,7,10-11H,8-9H2,1-3H3/t10-,11-/m1/s1. The third-order valence-electron chi connectivity index (χ3n) is 4.49. The minimum atomic E-state index is -4.85. The number of nitriles is 1. The maximum absolute atomic E-state index is 13.5. The van der Waals surface area contributed by atoms with E-state index >= 15 is 0 Å². The molecule has 156 valence electrons. The lowest BCUT2D eigenvalue weighted by Crippen LogP contribution is -2.48. The summed E-state index contributed by atoms with van der Waals surface area (Å²) in [6.45, 7) is 4.05. The van der Waals surface area contributed by atoms with Crippen LogP contribution in [0.5, 0.6) is 0 Å². The number of alkyl halides is 3. The van der Waals surface area contributed by atoms with E-state index in [-0.39, 0.29) is 41.8 Å². The molecule has 2 atom stereocenters. The van der Waals surface area contributed by atoms with Gasteiger partial charge in [-0.25, -0.2) is 13.4 Å². The predicted molar refractivity (Wildman–Crippen MR) is 96.4 cm³/mol. The van der Waals surface area contributed by atoms with Gasteiger partial charge in [0.05, 0.1) is 23.6 Å². The molecule has 1 aliphatic heterocycles. The molecule has 3 heterocycles. The third-order valence-corrected chi connectivity index (χ3v) is 5.58. The minimum absolute atomic E-state index is 0.0363. The van der Waals surface area contributed by atoms with Crippen molar-refractivity contribution in [2.24, 2.45) is 0 Å². The molecule has 1 aliphatic rings. The molecule has 2 aromatic heterocycles. The molecule has 3 rings (SSSR count). The van der Waals surface area contributed by atoms with Gasteiger partial charge in [-0.3, -0.25) is 0 Å². The first-order valence-electron chi connectivity index (χ1n) is 8.58. The Morgan fingerprint density at radius 2 is 2.00 bits per heavy atom. The van der Waals surface area contributed by atoms with Crippen LogP contribution in [-0.4, -0.2) is 54.7 Å². The normalized spacial score (nSPS) is 20.5. The zero-order valence-corrected chi connectivity index (χ0v) is 16.6. The number of sulfone groups is 1. The number of ether oxygens (including phenoxy) is 1. The second kappa shape index (κ2) is 7.31. The van der Waals surface area contributed by atoms with Crippen molar-refractivity contribution in [2.75, 3.05) is 24.3 Å². The fourth-order valence-electron chi connectivity index (χ4n) is 3.05. The number of hydrogen-bond donors (Lipinski definition) is 0. The number of anilines is 1. The summed E-state index contributed by atoms with van der Waals surface area (Å²) < 4.78 is 70.3. The highest BCUT2D eigenvalue weighted by atomic mass is 32.2. The molecule has 0 saturated carbocycles. The van der Waals surface area contributed by atoms with Gasteiger partial charge in [0.2, 0.25) is 0 Å². The Morgan fingerprint density at radius 1 is 1.31 bits per heavy atom. The molecule has 0 amide bonds. The predicted octanol–water partition coefficient (Wildman–Crippen LogP) is 2.17. The van der Waals surface area contributed by atoms with Crippen LogP contribution < -0.4 is 4.90 Å². The Balaban J connectivity index is 2.23. The van der Waals surface area contributed by atoms with Crippen LogP contribution in [0.25, 0.3) is 5.82 Å². The van der Waals surface area contributed by atoms with Crippen LogP contribution in [0.1, 0.15) is 25.1 Å². The quantitative estimate of drug-likeness (QED) is 0.737. The van der Waals surface area contributed by atoms with E-state index in [2.05, 4.69) is 10.1 Å². The fraction of sp³-hybridized carbons (Fsp3) is 0.471. The second-order valence-corrected chi connectivity index (χ2v) is 8.85. The van der Waals surface area contributed by atoms with E-state index in [9.17, 15) is 26.9 Å². The van der Waals surface area contributed by atoms with Crippen molar-refractivity contribution in [3.63, 3.8) is 0 Å². The molecule has 0 unspecified atom stereocenters. The first-order chi connectivity index (χ1) is 13.4. The number of aromatic nitrogens is 3. The lowest BCUT2D eigenvalue weighted by atomic mass is 10.1. The summed E-state index contributed by atoms with van der Waals surface area (Å²) >= 11 is 0. The highest BCUT2D eigenvalue weighted by molar-refractivity contribution is 7.90. The first kappa shape index (κ1) is 21.1. The Kier molecular flexibility index (Phi) is 5.31. The minimum Gasteiger partial charge on any atom is -0.375 e. The van der Waals surface area contributed by atoms with Gasteiger partial charge in [-0.2, -0.15) is 28.2 Å². The number of hydrogen-bond acceptors (Lipinski definition) is 7. The van der Waals surface area contributed by atoms with Gasteiger partial charge in [0.15, 0.2) is 27.2 Å².